The van der Waals surface area contributed by atoms with Gasteiger partial charge in [0.25, 0.3) is 0 Å². The fourth-order valence-corrected chi connectivity index (χ4v) is 4.72. The van der Waals surface area contributed by atoms with E-state index >= 15 is 0 Å². The van der Waals surface area contributed by atoms with Crippen LogP contribution >= 0.6 is 11.6 Å². The first kappa shape index (κ1) is 17.7. The van der Waals surface area contributed by atoms with Crippen molar-refractivity contribution in [2.24, 2.45) is 11.8 Å². The highest BCUT2D eigenvalue weighted by Gasteiger charge is 2.48. The van der Waals surface area contributed by atoms with Gasteiger partial charge in [0.15, 0.2) is 0 Å². The van der Waals surface area contributed by atoms with E-state index in [1.807, 2.05) is 48.5 Å². The average molecular weight is 373 g/mol. The first-order valence-electron chi connectivity index (χ1n) is 9.14. The number of fused-ring (bicyclic) bond motifs is 1. The molecule has 1 saturated heterocycles. The van der Waals surface area contributed by atoms with Gasteiger partial charge in [-0.2, -0.15) is 0 Å². The van der Waals surface area contributed by atoms with Gasteiger partial charge in [0.2, 0.25) is 0 Å². The molecule has 2 aromatic rings. The first-order chi connectivity index (χ1) is 12.6. The van der Waals surface area contributed by atoms with E-state index in [4.69, 9.17) is 16.3 Å². The molecule has 4 rings (SSSR count). The van der Waals surface area contributed by atoms with Crippen molar-refractivity contribution in [2.75, 3.05) is 32.2 Å². The van der Waals surface area contributed by atoms with Crippen molar-refractivity contribution in [3.8, 4) is 5.75 Å². The monoisotopic (exact) mass is 372 g/mol. The molecule has 0 aromatic heterocycles. The molecule has 1 aliphatic heterocycles. The molecule has 1 aliphatic carbocycles. The second-order valence-corrected chi connectivity index (χ2v) is 8.01. The predicted octanol–water partition coefficient (Wildman–Crippen LogP) is 3.95. The summed E-state index contributed by atoms with van der Waals surface area (Å²) in [5.74, 6) is 1.88. The molecule has 5 heteroatoms. The number of anilines is 1. The van der Waals surface area contributed by atoms with Gasteiger partial charge in [-0.15, -0.1) is 0 Å². The van der Waals surface area contributed by atoms with Crippen LogP contribution in [0.1, 0.15) is 18.4 Å². The molecule has 1 saturated carbocycles. The number of hydrogen-bond acceptors (Lipinski definition) is 4. The third kappa shape index (κ3) is 3.54. The molecule has 2 atom stereocenters. The fourth-order valence-electron chi connectivity index (χ4n) is 4.53. The summed E-state index contributed by atoms with van der Waals surface area (Å²) in [5, 5.41) is 15.4. The SMILES string of the molecule is COc1cccc(C2(O)CC3CN(CNc4cccc(Cl)c4)CC3C2)c1. The number of ether oxygens (including phenoxy) is 1. The zero-order valence-corrected chi connectivity index (χ0v) is 15.7. The van der Waals surface area contributed by atoms with Crippen LogP contribution < -0.4 is 10.1 Å². The molecule has 2 fully saturated rings. The number of rotatable bonds is 5. The lowest BCUT2D eigenvalue weighted by atomic mass is 9.90. The Bertz CT molecular complexity index is 768. The molecule has 26 heavy (non-hydrogen) atoms. The number of likely N-dealkylation sites (tertiary alicyclic amines) is 1. The van der Waals surface area contributed by atoms with Crippen LogP contribution in [0, 0.1) is 11.8 Å². The number of benzene rings is 2. The Morgan fingerprint density at radius 1 is 1.15 bits per heavy atom. The van der Waals surface area contributed by atoms with Crippen molar-refractivity contribution in [1.82, 2.24) is 4.90 Å². The van der Waals surface area contributed by atoms with Crippen LogP contribution in [0.4, 0.5) is 5.69 Å². The van der Waals surface area contributed by atoms with E-state index in [1.165, 1.54) is 0 Å². The minimum atomic E-state index is -0.726. The Labute approximate surface area is 159 Å². The molecule has 0 radical (unpaired) electrons. The first-order valence-corrected chi connectivity index (χ1v) is 9.52. The van der Waals surface area contributed by atoms with Gasteiger partial charge >= 0.3 is 0 Å². The van der Waals surface area contributed by atoms with Crippen molar-refractivity contribution in [1.29, 1.82) is 0 Å². The smallest absolute Gasteiger partial charge is 0.119 e. The van der Waals surface area contributed by atoms with E-state index in [2.05, 4.69) is 10.2 Å². The quantitative estimate of drug-likeness (QED) is 0.834. The van der Waals surface area contributed by atoms with Crippen LogP contribution in [0.15, 0.2) is 48.5 Å². The fraction of sp³-hybridized carbons (Fsp3) is 0.429. The van der Waals surface area contributed by atoms with Gasteiger partial charge in [0, 0.05) is 23.8 Å². The summed E-state index contributed by atoms with van der Waals surface area (Å²) in [6.07, 6.45) is 1.64. The van der Waals surface area contributed by atoms with Crippen LogP contribution in [-0.2, 0) is 5.60 Å². The number of methoxy groups -OCH3 is 1. The number of aliphatic hydroxyl groups is 1. The van der Waals surface area contributed by atoms with Crippen molar-refractivity contribution in [3.05, 3.63) is 59.1 Å². The minimum Gasteiger partial charge on any atom is -0.497 e. The third-order valence-corrected chi connectivity index (χ3v) is 6.03. The Hall–Kier alpha value is -1.75. The average Bonchev–Trinajstić information content (AvgIpc) is 3.15. The van der Waals surface area contributed by atoms with E-state index in [1.54, 1.807) is 7.11 Å². The van der Waals surface area contributed by atoms with Crippen LogP contribution in [0.2, 0.25) is 5.02 Å². The summed E-state index contributed by atoms with van der Waals surface area (Å²) in [4.78, 5) is 2.43. The summed E-state index contributed by atoms with van der Waals surface area (Å²) in [5.41, 5.74) is 1.30. The maximum Gasteiger partial charge on any atom is 0.119 e. The van der Waals surface area contributed by atoms with Gasteiger partial charge in [-0.3, -0.25) is 4.90 Å². The van der Waals surface area contributed by atoms with Gasteiger partial charge in [-0.1, -0.05) is 29.8 Å². The van der Waals surface area contributed by atoms with Crippen LogP contribution in [-0.4, -0.2) is 36.9 Å². The Balaban J connectivity index is 1.36. The van der Waals surface area contributed by atoms with E-state index in [-0.39, 0.29) is 0 Å². The molecular formula is C21H25ClN2O2. The van der Waals surface area contributed by atoms with Crippen LogP contribution in [0.5, 0.6) is 5.75 Å². The number of nitrogens with zero attached hydrogens (tertiary/aromatic N) is 1. The van der Waals surface area contributed by atoms with Gasteiger partial charge in [-0.25, -0.2) is 0 Å². The van der Waals surface area contributed by atoms with Gasteiger partial charge in [0.05, 0.1) is 19.4 Å². The summed E-state index contributed by atoms with van der Waals surface area (Å²) in [6.45, 7) is 2.85. The molecule has 0 amide bonds. The minimum absolute atomic E-state index is 0.535. The molecule has 4 nitrogen and oxygen atoms in total. The number of nitrogens with one attached hydrogen (secondary N) is 1. The van der Waals surface area contributed by atoms with Crippen molar-refractivity contribution >= 4 is 17.3 Å². The van der Waals surface area contributed by atoms with E-state index in [0.717, 1.165) is 54.6 Å². The second kappa shape index (κ2) is 7.10. The zero-order valence-electron chi connectivity index (χ0n) is 15.0. The molecule has 2 N–H and O–H groups in total. The third-order valence-electron chi connectivity index (χ3n) is 5.79. The Morgan fingerprint density at radius 3 is 2.58 bits per heavy atom. The largest absolute Gasteiger partial charge is 0.497 e. The normalized spacial score (nSPS) is 28.1. The van der Waals surface area contributed by atoms with Gasteiger partial charge in [0.1, 0.15) is 5.75 Å². The van der Waals surface area contributed by atoms with Crippen LogP contribution in [0.25, 0.3) is 0 Å². The Morgan fingerprint density at radius 2 is 1.88 bits per heavy atom. The lowest BCUT2D eigenvalue weighted by Crippen LogP contribution is -2.31. The highest BCUT2D eigenvalue weighted by molar-refractivity contribution is 6.30. The lowest BCUT2D eigenvalue weighted by molar-refractivity contribution is 0.0315. The highest BCUT2D eigenvalue weighted by Crippen LogP contribution is 2.49. The van der Waals surface area contributed by atoms with Gasteiger partial charge in [-0.05, 0) is 60.6 Å². The van der Waals surface area contributed by atoms with E-state index < -0.39 is 5.60 Å². The summed E-state index contributed by atoms with van der Waals surface area (Å²) in [6, 6.07) is 15.7. The molecule has 1 heterocycles. The molecule has 0 spiro atoms. The Kier molecular flexibility index (Phi) is 4.82. The molecule has 138 valence electrons. The molecule has 2 unspecified atom stereocenters. The predicted molar refractivity (Wildman–Crippen MR) is 105 cm³/mol. The number of hydrogen-bond donors (Lipinski definition) is 2. The highest BCUT2D eigenvalue weighted by atomic mass is 35.5. The van der Waals surface area contributed by atoms with E-state index in [9.17, 15) is 5.11 Å². The molecule has 0 bridgehead atoms. The molecule has 2 aliphatic rings. The van der Waals surface area contributed by atoms with Gasteiger partial charge < -0.3 is 15.2 Å². The maximum absolute atomic E-state index is 11.2. The molecule has 2 aromatic carbocycles. The topological polar surface area (TPSA) is 44.7 Å². The summed E-state index contributed by atoms with van der Waals surface area (Å²) >= 11 is 6.04. The lowest BCUT2D eigenvalue weighted by Gasteiger charge is -2.27. The summed E-state index contributed by atoms with van der Waals surface area (Å²) in [7, 11) is 1.66. The standard InChI is InChI=1S/C21H25ClN2O2/c1-26-20-7-2-4-17(8-20)21(25)10-15-12-24(13-16(15)11-21)14-23-19-6-3-5-18(22)9-19/h2-9,15-16,23,25H,10-14H2,1H3. The van der Waals surface area contributed by atoms with Crippen molar-refractivity contribution in [3.63, 3.8) is 0 Å². The van der Waals surface area contributed by atoms with Crippen LogP contribution in [0.3, 0.4) is 0 Å². The summed E-state index contributed by atoms with van der Waals surface area (Å²) < 4.78 is 5.32. The van der Waals surface area contributed by atoms with E-state index in [0.29, 0.717) is 11.8 Å². The maximum atomic E-state index is 11.2. The second-order valence-electron chi connectivity index (χ2n) is 7.57. The number of halogens is 1. The molecular weight excluding hydrogens is 348 g/mol. The van der Waals surface area contributed by atoms with Crippen molar-refractivity contribution < 1.29 is 9.84 Å². The zero-order chi connectivity index (χ0) is 18.1. The van der Waals surface area contributed by atoms with Crippen molar-refractivity contribution in [2.45, 2.75) is 18.4 Å².